The Morgan fingerprint density at radius 1 is 0.353 bits per heavy atom. The van der Waals surface area contributed by atoms with Crippen LogP contribution in [0.4, 0.5) is 0 Å². The molecule has 0 aliphatic rings. The minimum Gasteiger partial charge on any atom is -0.304 e. The predicted molar refractivity (Wildman–Crippen MR) is 206 cm³/mol. The van der Waals surface area contributed by atoms with Crippen LogP contribution in [-0.4, -0.2) is 15.0 Å². The molecule has 9 aromatic rings. The second-order valence-corrected chi connectivity index (χ2v) is 11.4. The van der Waals surface area contributed by atoms with Crippen LogP contribution in [0.15, 0.2) is 195 Å². The van der Waals surface area contributed by atoms with Gasteiger partial charge in [-0.05, 0) is 61.9 Å². The van der Waals surface area contributed by atoms with Crippen molar-refractivity contribution in [3.8, 4) is 44.9 Å². The SMILES string of the molecule is [Ir+3].[c-]1ccccc1-c1ccc(-c2ccccc2)cn1.[c-]1ccccc1-c1nccc2ccccc12.[c-]1ccccc1-c1nccc2ccccc12. The molecule has 0 atom stereocenters. The number of hydrogen-bond acceptors (Lipinski definition) is 3. The Kier molecular flexibility index (Phi) is 12.0. The van der Waals surface area contributed by atoms with Crippen LogP contribution in [0.1, 0.15) is 0 Å². The Balaban J connectivity index is 0.000000131. The van der Waals surface area contributed by atoms with E-state index in [1.165, 1.54) is 27.1 Å². The number of pyridine rings is 3. The van der Waals surface area contributed by atoms with Crippen molar-refractivity contribution in [1.29, 1.82) is 0 Å². The van der Waals surface area contributed by atoms with Crippen molar-refractivity contribution in [3.05, 3.63) is 213 Å². The summed E-state index contributed by atoms with van der Waals surface area (Å²) in [6, 6.07) is 68.4. The zero-order valence-electron chi connectivity index (χ0n) is 27.7. The monoisotopic (exact) mass is 831 g/mol. The number of benzene rings is 6. The maximum absolute atomic E-state index is 4.49. The molecule has 51 heavy (non-hydrogen) atoms. The smallest absolute Gasteiger partial charge is 0.304 e. The fourth-order valence-corrected chi connectivity index (χ4v) is 5.66. The van der Waals surface area contributed by atoms with Crippen LogP contribution >= 0.6 is 0 Å². The molecular weight excluding hydrogens is 799 g/mol. The van der Waals surface area contributed by atoms with E-state index in [4.69, 9.17) is 0 Å². The summed E-state index contributed by atoms with van der Waals surface area (Å²) in [6.07, 6.45) is 5.60. The van der Waals surface area contributed by atoms with E-state index in [1.807, 2.05) is 152 Å². The van der Waals surface area contributed by atoms with Gasteiger partial charge in [0.05, 0.1) is 0 Å². The number of rotatable bonds is 4. The van der Waals surface area contributed by atoms with Gasteiger partial charge < -0.3 is 15.0 Å². The quantitative estimate of drug-likeness (QED) is 0.166. The van der Waals surface area contributed by atoms with Gasteiger partial charge in [-0.25, -0.2) is 0 Å². The number of hydrogen-bond donors (Lipinski definition) is 0. The molecule has 0 fully saturated rings. The van der Waals surface area contributed by atoms with Gasteiger partial charge in [-0.3, -0.25) is 0 Å². The van der Waals surface area contributed by atoms with Crippen molar-refractivity contribution in [2.24, 2.45) is 0 Å². The molecule has 4 heteroatoms. The topological polar surface area (TPSA) is 38.7 Å². The first-order valence-corrected chi connectivity index (χ1v) is 16.4. The zero-order valence-corrected chi connectivity index (χ0v) is 30.0. The van der Waals surface area contributed by atoms with Crippen molar-refractivity contribution >= 4 is 21.5 Å². The Labute approximate surface area is 312 Å². The van der Waals surface area contributed by atoms with Crippen LogP contribution in [0.3, 0.4) is 0 Å². The molecule has 3 aromatic heterocycles. The molecule has 0 spiro atoms. The Morgan fingerprint density at radius 3 is 1.29 bits per heavy atom. The van der Waals surface area contributed by atoms with E-state index in [-0.39, 0.29) is 20.1 Å². The van der Waals surface area contributed by atoms with Crippen molar-refractivity contribution in [3.63, 3.8) is 0 Å². The second-order valence-electron chi connectivity index (χ2n) is 11.4. The maximum atomic E-state index is 4.49. The van der Waals surface area contributed by atoms with Crippen molar-refractivity contribution in [1.82, 2.24) is 15.0 Å². The number of nitrogens with zero attached hydrogens (tertiary/aromatic N) is 3. The van der Waals surface area contributed by atoms with E-state index in [0.717, 1.165) is 39.3 Å². The van der Waals surface area contributed by atoms with Gasteiger partial charge in [-0.15, -0.1) is 108 Å². The summed E-state index contributed by atoms with van der Waals surface area (Å²) in [4.78, 5) is 13.4. The molecule has 0 saturated heterocycles. The summed E-state index contributed by atoms with van der Waals surface area (Å²) >= 11 is 0. The van der Waals surface area contributed by atoms with Crippen LogP contribution in [0.25, 0.3) is 66.4 Å². The van der Waals surface area contributed by atoms with E-state index in [9.17, 15) is 0 Å². The maximum Gasteiger partial charge on any atom is 3.00 e. The fourth-order valence-electron chi connectivity index (χ4n) is 5.66. The Hall–Kier alpha value is -6.06. The van der Waals surface area contributed by atoms with E-state index < -0.39 is 0 Å². The third-order valence-electron chi connectivity index (χ3n) is 8.13. The first-order chi connectivity index (χ1) is 24.8. The van der Waals surface area contributed by atoms with Gasteiger partial charge in [0, 0.05) is 18.6 Å². The van der Waals surface area contributed by atoms with Crippen molar-refractivity contribution in [2.75, 3.05) is 0 Å². The van der Waals surface area contributed by atoms with Crippen LogP contribution < -0.4 is 0 Å². The van der Waals surface area contributed by atoms with Gasteiger partial charge in [0.25, 0.3) is 0 Å². The summed E-state index contributed by atoms with van der Waals surface area (Å²) in [5, 5.41) is 4.77. The van der Waals surface area contributed by atoms with E-state index >= 15 is 0 Å². The average Bonchev–Trinajstić information content (AvgIpc) is 3.22. The average molecular weight is 831 g/mol. The first-order valence-electron chi connectivity index (χ1n) is 16.4. The molecule has 0 saturated carbocycles. The zero-order chi connectivity index (χ0) is 33.8. The molecule has 0 N–H and O–H groups in total. The number of fused-ring (bicyclic) bond motifs is 2. The van der Waals surface area contributed by atoms with Gasteiger partial charge in [0.15, 0.2) is 0 Å². The fraction of sp³-hybridized carbons (Fsp3) is 0. The van der Waals surface area contributed by atoms with Crippen LogP contribution in [0.5, 0.6) is 0 Å². The molecule has 0 amide bonds. The third-order valence-corrected chi connectivity index (χ3v) is 8.13. The molecule has 244 valence electrons. The summed E-state index contributed by atoms with van der Waals surface area (Å²) in [6.45, 7) is 0. The second kappa shape index (κ2) is 17.6. The molecule has 0 aliphatic carbocycles. The van der Waals surface area contributed by atoms with E-state index in [0.29, 0.717) is 0 Å². The molecule has 0 bridgehead atoms. The summed E-state index contributed by atoms with van der Waals surface area (Å²) in [5.41, 5.74) is 8.38. The summed E-state index contributed by atoms with van der Waals surface area (Å²) in [7, 11) is 0. The molecule has 3 heterocycles. The normalized spacial score (nSPS) is 10.2. The standard InChI is InChI=1S/C17H12N.2C15H10N.Ir/c1-3-7-14(8-4-1)16-11-12-17(18-13-16)15-9-5-2-6-10-15;2*1-2-7-13(8-3-1)15-14-9-5-4-6-12(14)10-11-16-15;/h1-9,11-13H;2*1-7,9-11H;/q3*-1;+3. The Bertz CT molecular complexity index is 2220. The van der Waals surface area contributed by atoms with Gasteiger partial charge >= 0.3 is 20.1 Å². The van der Waals surface area contributed by atoms with Crippen LogP contribution in [0, 0.1) is 18.2 Å². The first kappa shape index (κ1) is 34.8. The predicted octanol–water partition coefficient (Wildman–Crippen LogP) is 11.6. The minimum absolute atomic E-state index is 0. The third kappa shape index (κ3) is 8.76. The molecule has 0 unspecified atom stereocenters. The van der Waals surface area contributed by atoms with Gasteiger partial charge in [0.1, 0.15) is 0 Å². The van der Waals surface area contributed by atoms with E-state index in [1.54, 1.807) is 0 Å². The van der Waals surface area contributed by atoms with Crippen molar-refractivity contribution in [2.45, 2.75) is 0 Å². The summed E-state index contributed by atoms with van der Waals surface area (Å²) in [5.74, 6) is 0. The van der Waals surface area contributed by atoms with Gasteiger partial charge in [-0.1, -0.05) is 91.0 Å². The number of aromatic nitrogens is 3. The molecular formula is C47H32IrN3. The molecule has 9 rings (SSSR count). The molecule has 0 aliphatic heterocycles. The molecule has 3 nitrogen and oxygen atoms in total. The summed E-state index contributed by atoms with van der Waals surface area (Å²) < 4.78 is 0. The molecule has 0 radical (unpaired) electrons. The largest absolute Gasteiger partial charge is 3.00 e. The van der Waals surface area contributed by atoms with Gasteiger partial charge in [0.2, 0.25) is 0 Å². The Morgan fingerprint density at radius 2 is 0.824 bits per heavy atom. The van der Waals surface area contributed by atoms with Crippen molar-refractivity contribution < 1.29 is 20.1 Å². The van der Waals surface area contributed by atoms with Gasteiger partial charge in [-0.2, -0.15) is 0 Å². The van der Waals surface area contributed by atoms with Crippen LogP contribution in [0.2, 0.25) is 0 Å². The molecule has 6 aromatic carbocycles. The van der Waals surface area contributed by atoms with E-state index in [2.05, 4.69) is 75.6 Å². The minimum atomic E-state index is 0. The van der Waals surface area contributed by atoms with Crippen LogP contribution in [-0.2, 0) is 20.1 Å².